The van der Waals surface area contributed by atoms with Gasteiger partial charge in [0.2, 0.25) is 0 Å². The molecule has 2 aromatic carbocycles. The number of anilines is 3. The van der Waals surface area contributed by atoms with Crippen molar-refractivity contribution in [3.63, 3.8) is 0 Å². The minimum Gasteiger partial charge on any atom is -0.473 e. The van der Waals surface area contributed by atoms with Crippen molar-refractivity contribution in [2.45, 2.75) is 0 Å². The predicted octanol–water partition coefficient (Wildman–Crippen LogP) is 2.35. The zero-order chi connectivity index (χ0) is 24.0. The van der Waals surface area contributed by atoms with Crippen LogP contribution in [-0.4, -0.2) is 69.7 Å². The second-order valence-corrected chi connectivity index (χ2v) is 7.99. The summed E-state index contributed by atoms with van der Waals surface area (Å²) < 4.78 is 20.4. The number of thiazole rings is 1. The van der Waals surface area contributed by atoms with E-state index in [0.29, 0.717) is 21.8 Å². The third-order valence-electron chi connectivity index (χ3n) is 5.07. The maximum atomic E-state index is 14.2. The number of nitrogen functional groups attached to an aromatic ring is 1. The topological polar surface area (TPSA) is 125 Å². The molecule has 33 heavy (non-hydrogen) atoms. The molecule has 1 aliphatic rings. The Morgan fingerprint density at radius 3 is 2.76 bits per heavy atom. The zero-order valence-corrected chi connectivity index (χ0v) is 19.5. The van der Waals surface area contributed by atoms with Crippen molar-refractivity contribution in [2.75, 3.05) is 63.4 Å². The van der Waals surface area contributed by atoms with Crippen LogP contribution in [0.3, 0.4) is 0 Å². The lowest BCUT2D eigenvalue weighted by Crippen LogP contribution is -2.43. The molecule has 1 aliphatic heterocycles. The Morgan fingerprint density at radius 2 is 2.09 bits per heavy atom. The van der Waals surface area contributed by atoms with Gasteiger partial charge in [-0.1, -0.05) is 11.3 Å². The fourth-order valence-electron chi connectivity index (χ4n) is 3.55. The molecule has 0 aliphatic carbocycles. The number of aliphatic hydroxyl groups excluding tert-OH is 1. The molecule has 0 spiro atoms. The highest BCUT2D eigenvalue weighted by atomic mass is 32.1. The van der Waals surface area contributed by atoms with Gasteiger partial charge in [0, 0.05) is 57.8 Å². The van der Waals surface area contributed by atoms with E-state index in [9.17, 15) is 9.18 Å². The number of halogens is 1. The molecule has 0 bridgehead atoms. The second-order valence-electron chi connectivity index (χ2n) is 7.03. The van der Waals surface area contributed by atoms with Gasteiger partial charge in [0.1, 0.15) is 11.3 Å². The average Bonchev–Trinajstić information content (AvgIpc) is 3.28. The number of amides is 1. The minimum absolute atomic E-state index is 0.0180. The number of benzene rings is 2. The van der Waals surface area contributed by atoms with Crippen molar-refractivity contribution in [1.82, 2.24) is 10.3 Å². The fourth-order valence-corrected chi connectivity index (χ4v) is 4.50. The molecule has 2 heterocycles. The molecule has 1 amide bonds. The van der Waals surface area contributed by atoms with Gasteiger partial charge in [-0.15, -0.1) is 0 Å². The highest BCUT2D eigenvalue weighted by Gasteiger charge is 2.22. The van der Waals surface area contributed by atoms with Crippen LogP contribution < -0.4 is 26.0 Å². The molecule has 0 radical (unpaired) electrons. The van der Waals surface area contributed by atoms with Gasteiger partial charge in [-0.3, -0.25) is 9.79 Å². The monoisotopic (exact) mass is 474 g/mol. The van der Waals surface area contributed by atoms with E-state index in [1.165, 1.54) is 23.6 Å². The first kappa shape index (κ1) is 24.4. The summed E-state index contributed by atoms with van der Waals surface area (Å²) >= 11 is 1.40. The predicted molar refractivity (Wildman–Crippen MR) is 132 cm³/mol. The summed E-state index contributed by atoms with van der Waals surface area (Å²) in [6, 6.07) is 6.45. The van der Waals surface area contributed by atoms with E-state index in [2.05, 4.69) is 25.5 Å². The number of hydrogen-bond acceptors (Lipinski definition) is 9. The summed E-state index contributed by atoms with van der Waals surface area (Å²) in [7, 11) is 4.12. The van der Waals surface area contributed by atoms with Crippen molar-refractivity contribution < 1.29 is 19.0 Å². The molecule has 11 heteroatoms. The molecule has 4 rings (SSSR count). The number of methoxy groups -OCH3 is 1. The molecule has 1 aromatic heterocycles. The summed E-state index contributed by atoms with van der Waals surface area (Å²) in [5, 5.41) is 13.6. The summed E-state index contributed by atoms with van der Waals surface area (Å²) in [6.07, 6.45) is 1.44. The average molecular weight is 475 g/mol. The van der Waals surface area contributed by atoms with Crippen LogP contribution in [0.5, 0.6) is 5.19 Å². The first-order valence-corrected chi connectivity index (χ1v) is 11.0. The van der Waals surface area contributed by atoms with Crippen LogP contribution in [0, 0.1) is 5.82 Å². The smallest absolute Gasteiger partial charge is 0.274 e. The Balaban J connectivity index is 0.00000149. The number of nitrogens with zero attached hydrogens (tertiary/aromatic N) is 3. The van der Waals surface area contributed by atoms with Gasteiger partial charge in [-0.25, -0.2) is 9.37 Å². The van der Waals surface area contributed by atoms with E-state index in [1.54, 1.807) is 26.3 Å². The van der Waals surface area contributed by atoms with Gasteiger partial charge < -0.3 is 31.1 Å². The number of aliphatic hydroxyl groups is 1. The zero-order valence-electron chi connectivity index (χ0n) is 18.7. The second kappa shape index (κ2) is 11.0. The maximum Gasteiger partial charge on any atom is 0.274 e. The van der Waals surface area contributed by atoms with Crippen LogP contribution in [0.4, 0.5) is 21.5 Å². The van der Waals surface area contributed by atoms with Crippen molar-refractivity contribution in [2.24, 2.45) is 4.99 Å². The number of fused-ring (bicyclic) bond motifs is 1. The minimum atomic E-state index is -0.623. The molecule has 0 atom stereocenters. The number of carbonyl (C=O) groups is 1. The van der Waals surface area contributed by atoms with Gasteiger partial charge >= 0.3 is 0 Å². The molecule has 0 saturated carbocycles. The quantitative estimate of drug-likeness (QED) is 0.330. The lowest BCUT2D eigenvalue weighted by Gasteiger charge is -2.29. The number of carbonyl (C=O) groups excluding carboxylic acids is 1. The van der Waals surface area contributed by atoms with E-state index in [4.69, 9.17) is 15.6 Å². The van der Waals surface area contributed by atoms with E-state index in [-0.39, 0.29) is 11.4 Å². The Bertz CT molecular complexity index is 1160. The van der Waals surface area contributed by atoms with E-state index in [1.807, 2.05) is 6.07 Å². The Hall–Kier alpha value is -3.28. The third-order valence-corrected chi connectivity index (χ3v) is 6.11. The molecule has 5 N–H and O–H groups in total. The van der Waals surface area contributed by atoms with Crippen LogP contribution >= 0.6 is 11.3 Å². The number of nitrogens with two attached hydrogens (primary N) is 1. The highest BCUT2D eigenvalue weighted by molar-refractivity contribution is 7.21. The van der Waals surface area contributed by atoms with Gasteiger partial charge in [0.05, 0.1) is 28.7 Å². The van der Waals surface area contributed by atoms with Crippen molar-refractivity contribution in [3.8, 4) is 5.19 Å². The van der Waals surface area contributed by atoms with Crippen LogP contribution in [0.2, 0.25) is 0 Å². The van der Waals surface area contributed by atoms with Gasteiger partial charge in [0.25, 0.3) is 11.1 Å². The Kier molecular flexibility index (Phi) is 8.15. The molecule has 0 unspecified atom stereocenters. The first-order chi connectivity index (χ1) is 16.0. The van der Waals surface area contributed by atoms with E-state index < -0.39 is 11.7 Å². The molecule has 1 fully saturated rings. The number of nitrogens with one attached hydrogen (secondary N) is 2. The normalized spacial score (nSPS) is 13.7. The van der Waals surface area contributed by atoms with Crippen molar-refractivity contribution in [3.05, 3.63) is 41.2 Å². The van der Waals surface area contributed by atoms with Gasteiger partial charge in [0.15, 0.2) is 0 Å². The lowest BCUT2D eigenvalue weighted by atomic mass is 10.1. The lowest BCUT2D eigenvalue weighted by molar-refractivity contribution is 0.102. The molecule has 1 saturated heterocycles. The largest absolute Gasteiger partial charge is 0.473 e. The number of hydrogen-bond donors (Lipinski definition) is 4. The van der Waals surface area contributed by atoms with Gasteiger partial charge in [-0.2, -0.15) is 0 Å². The summed E-state index contributed by atoms with van der Waals surface area (Å²) in [5.41, 5.74) is 8.38. The fraction of sp³-hybridized carbons (Fsp3) is 0.318. The molecule has 176 valence electrons. The number of rotatable bonds is 5. The van der Waals surface area contributed by atoms with E-state index >= 15 is 0 Å². The van der Waals surface area contributed by atoms with Crippen LogP contribution in [0.15, 0.2) is 29.3 Å². The van der Waals surface area contributed by atoms with Crippen LogP contribution in [-0.2, 0) is 0 Å². The Morgan fingerprint density at radius 1 is 1.36 bits per heavy atom. The Labute approximate surface area is 195 Å². The standard InChI is InChI=1S/C21H23FN6O2S.CH4O/c1-24-11-12-9-13(10-15(22)17(12)23)26-20(29)14-3-4-16(28-7-5-25-6-8-28)19-18(14)27-21(30-2)31-19;1-2/h3-4,9-11,25H,5-8,23H2,1-2H3,(H,26,29);2H,1H3. The number of aromatic nitrogens is 1. The molecular weight excluding hydrogens is 447 g/mol. The van der Waals surface area contributed by atoms with Crippen molar-refractivity contribution in [1.29, 1.82) is 0 Å². The maximum absolute atomic E-state index is 14.2. The summed E-state index contributed by atoms with van der Waals surface area (Å²) in [6.45, 7) is 3.53. The van der Waals surface area contributed by atoms with Crippen LogP contribution in [0.25, 0.3) is 10.2 Å². The first-order valence-electron chi connectivity index (χ1n) is 10.2. The molecule has 9 nitrogen and oxygen atoms in total. The SMILES string of the molecule is CN=Cc1cc(NC(=O)c2ccc(N3CCNCC3)c3sc(OC)nc23)cc(F)c1N.CO. The highest BCUT2D eigenvalue weighted by Crippen LogP contribution is 2.37. The molecule has 3 aromatic rings. The van der Waals surface area contributed by atoms with Crippen molar-refractivity contribution >= 4 is 50.7 Å². The summed E-state index contributed by atoms with van der Waals surface area (Å²) in [4.78, 5) is 23.7. The number of ether oxygens (including phenoxy) is 1. The third kappa shape index (κ3) is 5.21. The molecular formula is C22H27FN6O3S. The van der Waals surface area contributed by atoms with Gasteiger partial charge in [-0.05, 0) is 24.3 Å². The van der Waals surface area contributed by atoms with Crippen LogP contribution in [0.1, 0.15) is 15.9 Å². The number of aliphatic imine (C=N–C) groups is 1. The number of piperazine rings is 1. The summed E-state index contributed by atoms with van der Waals surface area (Å²) in [5.74, 6) is -1.02. The van der Waals surface area contributed by atoms with E-state index in [0.717, 1.165) is 43.7 Å².